The van der Waals surface area contributed by atoms with Gasteiger partial charge in [0, 0.05) is 25.3 Å². The standard InChI is InChI=1S/C23H23ClF2N6O4S/c1-31-16(10-19(29-31)13-3-5-14(25)6-4-13)12-27-22(33)20-11-21(32(2)37(35,36)30-20)23(34)28-15-7-8-18(26)17(24)9-15/h3-10,20-21,30H,11-12H2,1-2H3,(H,27,33)(H,28,34). The summed E-state index contributed by atoms with van der Waals surface area (Å²) >= 11 is 5.74. The molecule has 3 N–H and O–H groups in total. The van der Waals surface area contributed by atoms with Crippen LogP contribution in [-0.4, -0.2) is 53.4 Å². The number of nitrogens with zero attached hydrogens (tertiary/aromatic N) is 3. The highest BCUT2D eigenvalue weighted by Gasteiger charge is 2.42. The average molecular weight is 553 g/mol. The number of aromatic nitrogens is 2. The van der Waals surface area contributed by atoms with E-state index < -0.39 is 39.9 Å². The van der Waals surface area contributed by atoms with Crippen LogP contribution in [0.1, 0.15) is 12.1 Å². The van der Waals surface area contributed by atoms with Crippen molar-refractivity contribution in [1.82, 2.24) is 24.1 Å². The second-order valence-electron chi connectivity index (χ2n) is 8.43. The summed E-state index contributed by atoms with van der Waals surface area (Å²) in [4.78, 5) is 25.7. The van der Waals surface area contributed by atoms with E-state index in [1.807, 2.05) is 0 Å². The Labute approximate surface area is 216 Å². The molecule has 1 aliphatic rings. The lowest BCUT2D eigenvalue weighted by Crippen LogP contribution is -2.62. The van der Waals surface area contributed by atoms with Crippen LogP contribution in [0.4, 0.5) is 14.5 Å². The molecule has 2 heterocycles. The summed E-state index contributed by atoms with van der Waals surface area (Å²) in [5.74, 6) is -2.38. The minimum atomic E-state index is -4.16. The van der Waals surface area contributed by atoms with Gasteiger partial charge in [-0.25, -0.2) is 8.78 Å². The van der Waals surface area contributed by atoms with Crippen LogP contribution in [0.25, 0.3) is 11.3 Å². The maximum Gasteiger partial charge on any atom is 0.280 e. The molecule has 2 atom stereocenters. The Balaban J connectivity index is 1.44. The zero-order valence-electron chi connectivity index (χ0n) is 19.7. The van der Waals surface area contributed by atoms with Crippen molar-refractivity contribution in [3.63, 3.8) is 0 Å². The number of amides is 2. The van der Waals surface area contributed by atoms with Crippen LogP contribution < -0.4 is 15.4 Å². The fourth-order valence-electron chi connectivity index (χ4n) is 3.82. The molecule has 0 saturated carbocycles. The van der Waals surface area contributed by atoms with Gasteiger partial charge in [-0.1, -0.05) is 11.6 Å². The summed E-state index contributed by atoms with van der Waals surface area (Å²) in [6.45, 7) is 0.0303. The third-order valence-electron chi connectivity index (χ3n) is 5.93. The second-order valence-corrected chi connectivity index (χ2v) is 10.6. The third kappa shape index (κ3) is 5.96. The first-order chi connectivity index (χ1) is 17.4. The number of likely N-dealkylation sites (N-methyl/N-ethyl adjacent to an activating group) is 1. The number of halogens is 3. The minimum absolute atomic E-state index is 0.0303. The van der Waals surface area contributed by atoms with E-state index in [2.05, 4.69) is 20.5 Å². The zero-order chi connectivity index (χ0) is 26.9. The van der Waals surface area contributed by atoms with Gasteiger partial charge in [-0.2, -0.15) is 22.5 Å². The molecule has 2 unspecified atom stereocenters. The Kier molecular flexibility index (Phi) is 7.59. The van der Waals surface area contributed by atoms with E-state index in [1.54, 1.807) is 29.9 Å². The molecule has 1 fully saturated rings. The van der Waals surface area contributed by atoms with Crippen LogP contribution >= 0.6 is 11.6 Å². The lowest BCUT2D eigenvalue weighted by molar-refractivity contribution is -0.125. The molecule has 37 heavy (non-hydrogen) atoms. The van der Waals surface area contributed by atoms with E-state index in [0.717, 1.165) is 10.4 Å². The summed E-state index contributed by atoms with van der Waals surface area (Å²) in [5, 5.41) is 9.32. The molecule has 0 spiro atoms. The molecule has 0 aliphatic carbocycles. The van der Waals surface area contributed by atoms with E-state index >= 15 is 0 Å². The van der Waals surface area contributed by atoms with Crippen molar-refractivity contribution >= 4 is 39.3 Å². The molecule has 0 bridgehead atoms. The van der Waals surface area contributed by atoms with E-state index in [0.29, 0.717) is 17.0 Å². The van der Waals surface area contributed by atoms with E-state index in [9.17, 15) is 26.8 Å². The highest BCUT2D eigenvalue weighted by Crippen LogP contribution is 2.23. The molecule has 3 aromatic rings. The maximum atomic E-state index is 13.4. The molecule has 0 radical (unpaired) electrons. The molecule has 1 saturated heterocycles. The number of carbonyl (C=O) groups is 2. The summed E-state index contributed by atoms with van der Waals surface area (Å²) in [6.07, 6.45) is -0.158. The molecular formula is C23H23ClF2N6O4S. The van der Waals surface area contributed by atoms with E-state index in [1.165, 1.54) is 31.3 Å². The van der Waals surface area contributed by atoms with Crippen molar-refractivity contribution in [2.75, 3.05) is 12.4 Å². The first kappa shape index (κ1) is 26.7. The normalized spacial score (nSPS) is 19.4. The molecule has 2 amide bonds. The Bertz CT molecular complexity index is 1450. The molecule has 2 aromatic carbocycles. The van der Waals surface area contributed by atoms with Gasteiger partial charge in [0.25, 0.3) is 10.2 Å². The largest absolute Gasteiger partial charge is 0.349 e. The predicted molar refractivity (Wildman–Crippen MR) is 132 cm³/mol. The van der Waals surface area contributed by atoms with Gasteiger partial charge >= 0.3 is 0 Å². The van der Waals surface area contributed by atoms with Gasteiger partial charge in [-0.15, -0.1) is 0 Å². The Morgan fingerprint density at radius 3 is 2.49 bits per heavy atom. The number of nitrogens with one attached hydrogen (secondary N) is 3. The first-order valence-corrected chi connectivity index (χ1v) is 12.8. The summed E-state index contributed by atoms with van der Waals surface area (Å²) in [5.41, 5.74) is 2.05. The van der Waals surface area contributed by atoms with Gasteiger partial charge in [0.05, 0.1) is 23.0 Å². The van der Waals surface area contributed by atoms with Crippen LogP contribution in [0.3, 0.4) is 0 Å². The highest BCUT2D eigenvalue weighted by atomic mass is 35.5. The highest BCUT2D eigenvalue weighted by molar-refractivity contribution is 7.87. The van der Waals surface area contributed by atoms with Gasteiger partial charge < -0.3 is 10.6 Å². The zero-order valence-corrected chi connectivity index (χ0v) is 21.3. The van der Waals surface area contributed by atoms with Crippen molar-refractivity contribution in [3.8, 4) is 11.3 Å². The molecular weight excluding hydrogens is 530 g/mol. The van der Waals surface area contributed by atoms with Gasteiger partial charge in [0.2, 0.25) is 11.8 Å². The summed E-state index contributed by atoms with van der Waals surface area (Å²) in [7, 11) is -1.27. The Hall–Kier alpha value is -3.39. The van der Waals surface area contributed by atoms with Crippen LogP contribution in [0.5, 0.6) is 0 Å². The third-order valence-corrected chi connectivity index (χ3v) is 7.82. The monoisotopic (exact) mass is 552 g/mol. The number of hydrogen-bond donors (Lipinski definition) is 3. The maximum absolute atomic E-state index is 13.4. The number of anilines is 1. The number of rotatable bonds is 6. The Morgan fingerprint density at radius 2 is 1.81 bits per heavy atom. The van der Waals surface area contributed by atoms with Gasteiger partial charge in [-0.3, -0.25) is 14.3 Å². The summed E-state index contributed by atoms with van der Waals surface area (Å²) < 4.78 is 56.5. The van der Waals surface area contributed by atoms with Crippen molar-refractivity contribution < 1.29 is 26.8 Å². The van der Waals surface area contributed by atoms with Crippen LogP contribution in [0.2, 0.25) is 5.02 Å². The lowest BCUT2D eigenvalue weighted by Gasteiger charge is -2.35. The number of aryl methyl sites for hydroxylation is 1. The smallest absolute Gasteiger partial charge is 0.280 e. The van der Waals surface area contributed by atoms with Crippen molar-refractivity contribution in [2.45, 2.75) is 25.0 Å². The quantitative estimate of drug-likeness (QED) is 0.432. The molecule has 14 heteroatoms. The second kappa shape index (κ2) is 10.5. The number of benzene rings is 2. The fraction of sp³-hybridized carbons (Fsp3) is 0.261. The molecule has 1 aromatic heterocycles. The van der Waals surface area contributed by atoms with Crippen LogP contribution in [0, 0.1) is 11.6 Å². The van der Waals surface area contributed by atoms with Gasteiger partial charge in [-0.05, 0) is 55.0 Å². The van der Waals surface area contributed by atoms with Crippen molar-refractivity contribution in [1.29, 1.82) is 0 Å². The minimum Gasteiger partial charge on any atom is -0.349 e. The number of carbonyl (C=O) groups excluding carboxylic acids is 2. The molecule has 1 aliphatic heterocycles. The van der Waals surface area contributed by atoms with Gasteiger partial charge in [0.15, 0.2) is 0 Å². The molecule has 196 valence electrons. The summed E-state index contributed by atoms with van der Waals surface area (Å²) in [6, 6.07) is 8.62. The van der Waals surface area contributed by atoms with Gasteiger partial charge in [0.1, 0.15) is 23.7 Å². The van der Waals surface area contributed by atoms with E-state index in [4.69, 9.17) is 11.6 Å². The lowest BCUT2D eigenvalue weighted by atomic mass is 10.1. The predicted octanol–water partition coefficient (Wildman–Crippen LogP) is 2.18. The SMILES string of the molecule is CN1C(C(=O)Nc2ccc(F)c(Cl)c2)CC(C(=O)NCc2cc(-c3ccc(F)cc3)nn2C)NS1(=O)=O. The topological polar surface area (TPSA) is 125 Å². The van der Waals surface area contributed by atoms with Crippen molar-refractivity contribution in [3.05, 3.63) is 70.9 Å². The van der Waals surface area contributed by atoms with Crippen LogP contribution in [-0.2, 0) is 33.4 Å². The average Bonchev–Trinajstić information content (AvgIpc) is 3.22. The first-order valence-electron chi connectivity index (χ1n) is 11.0. The van der Waals surface area contributed by atoms with E-state index in [-0.39, 0.29) is 29.5 Å². The number of hydrogen-bond acceptors (Lipinski definition) is 5. The van der Waals surface area contributed by atoms with Crippen molar-refractivity contribution in [2.24, 2.45) is 7.05 Å². The fourth-order valence-corrected chi connectivity index (χ4v) is 5.24. The van der Waals surface area contributed by atoms with Crippen LogP contribution in [0.15, 0.2) is 48.5 Å². The molecule has 10 nitrogen and oxygen atoms in total. The Morgan fingerprint density at radius 1 is 1.11 bits per heavy atom. The molecule has 4 rings (SSSR count).